The van der Waals surface area contributed by atoms with Crippen LogP contribution in [0.2, 0.25) is 0 Å². The molecule has 0 aromatic heterocycles. The second-order valence-electron chi connectivity index (χ2n) is 6.88. The van der Waals surface area contributed by atoms with Crippen LogP contribution < -0.4 is 10.2 Å². The highest BCUT2D eigenvalue weighted by molar-refractivity contribution is 9.10. The molecule has 28 heavy (non-hydrogen) atoms. The summed E-state index contributed by atoms with van der Waals surface area (Å²) in [7, 11) is 0. The predicted molar refractivity (Wildman–Crippen MR) is 114 cm³/mol. The van der Waals surface area contributed by atoms with Gasteiger partial charge in [-0.1, -0.05) is 64.5 Å². The maximum absolute atomic E-state index is 13.6. The zero-order valence-corrected chi connectivity index (χ0v) is 16.9. The Labute approximate surface area is 172 Å². The number of benzene rings is 3. The Balaban J connectivity index is 1.79. The Hall–Kier alpha value is -2.92. The van der Waals surface area contributed by atoms with Gasteiger partial charge in [0.25, 0.3) is 5.91 Å². The van der Waals surface area contributed by atoms with Crippen LogP contribution in [0.25, 0.3) is 0 Å². The van der Waals surface area contributed by atoms with Crippen molar-refractivity contribution < 1.29 is 9.59 Å². The van der Waals surface area contributed by atoms with Crippen molar-refractivity contribution in [2.45, 2.75) is 18.9 Å². The molecule has 1 N–H and O–H groups in total. The molecule has 0 saturated carbocycles. The van der Waals surface area contributed by atoms with E-state index in [-0.39, 0.29) is 18.2 Å². The van der Waals surface area contributed by atoms with Gasteiger partial charge in [-0.15, -0.1) is 0 Å². The van der Waals surface area contributed by atoms with Crippen molar-refractivity contribution in [3.05, 3.63) is 94.5 Å². The molecular formula is C23H19BrN2O2. The molecule has 140 valence electrons. The summed E-state index contributed by atoms with van der Waals surface area (Å²) in [5.74, 6) is -0.290. The zero-order valence-electron chi connectivity index (χ0n) is 15.4. The molecule has 2 amide bonds. The van der Waals surface area contributed by atoms with Gasteiger partial charge in [-0.05, 0) is 48.4 Å². The number of nitrogens with zero attached hydrogens (tertiary/aromatic N) is 1. The normalized spacial score (nSPS) is 18.5. The van der Waals surface area contributed by atoms with E-state index in [0.717, 1.165) is 21.3 Å². The topological polar surface area (TPSA) is 49.4 Å². The number of nitrogens with one attached hydrogen (secondary N) is 1. The molecule has 1 fully saturated rings. The highest BCUT2D eigenvalue weighted by Gasteiger charge is 2.58. The van der Waals surface area contributed by atoms with Gasteiger partial charge in [0.2, 0.25) is 5.91 Å². The van der Waals surface area contributed by atoms with Crippen molar-refractivity contribution in [3.8, 4) is 0 Å². The minimum atomic E-state index is -1.07. The van der Waals surface area contributed by atoms with Crippen LogP contribution in [-0.2, 0) is 15.1 Å². The quantitative estimate of drug-likeness (QED) is 0.585. The number of halogens is 1. The largest absolute Gasteiger partial charge is 0.323 e. The van der Waals surface area contributed by atoms with Crippen LogP contribution >= 0.6 is 15.9 Å². The van der Waals surface area contributed by atoms with Crippen molar-refractivity contribution in [2.24, 2.45) is 0 Å². The molecule has 0 bridgehead atoms. The minimum absolute atomic E-state index is 0.0777. The first kappa shape index (κ1) is 18.4. The van der Waals surface area contributed by atoms with Crippen LogP contribution in [-0.4, -0.2) is 11.8 Å². The molecule has 0 spiro atoms. The first-order valence-electron chi connectivity index (χ1n) is 9.03. The fourth-order valence-electron chi connectivity index (χ4n) is 3.65. The summed E-state index contributed by atoms with van der Waals surface area (Å²) in [4.78, 5) is 27.8. The number of aryl methyl sites for hydroxylation is 1. The molecule has 4 rings (SSSR count). The van der Waals surface area contributed by atoms with Gasteiger partial charge in [0.1, 0.15) is 0 Å². The maximum Gasteiger partial charge on any atom is 0.255 e. The summed E-state index contributed by atoms with van der Waals surface area (Å²) >= 11 is 3.42. The second-order valence-corrected chi connectivity index (χ2v) is 7.79. The molecule has 1 atom stereocenters. The second kappa shape index (κ2) is 7.24. The third-order valence-corrected chi connectivity index (χ3v) is 5.67. The van der Waals surface area contributed by atoms with Gasteiger partial charge in [-0.2, -0.15) is 0 Å². The summed E-state index contributed by atoms with van der Waals surface area (Å²) in [6.07, 6.45) is 0.130. The summed E-state index contributed by atoms with van der Waals surface area (Å²) in [5.41, 5.74) is 2.14. The number of hydrogen-bond donors (Lipinski definition) is 1. The Bertz CT molecular complexity index is 1030. The highest BCUT2D eigenvalue weighted by atomic mass is 79.9. The van der Waals surface area contributed by atoms with Gasteiger partial charge in [-0.25, -0.2) is 0 Å². The Morgan fingerprint density at radius 1 is 0.964 bits per heavy atom. The third kappa shape index (κ3) is 3.02. The van der Waals surface area contributed by atoms with Crippen molar-refractivity contribution in [3.63, 3.8) is 0 Å². The lowest BCUT2D eigenvalue weighted by Crippen LogP contribution is -2.67. The number of anilines is 2. The van der Waals surface area contributed by atoms with Crippen LogP contribution in [0.15, 0.2) is 83.3 Å². The minimum Gasteiger partial charge on any atom is -0.323 e. The number of amides is 2. The first-order chi connectivity index (χ1) is 13.5. The Morgan fingerprint density at radius 3 is 2.25 bits per heavy atom. The highest BCUT2D eigenvalue weighted by Crippen LogP contribution is 2.46. The zero-order chi connectivity index (χ0) is 19.7. The number of para-hydroxylation sites is 1. The van der Waals surface area contributed by atoms with Gasteiger partial charge >= 0.3 is 0 Å². The average molecular weight is 435 g/mol. The van der Waals surface area contributed by atoms with E-state index in [9.17, 15) is 9.59 Å². The maximum atomic E-state index is 13.6. The summed E-state index contributed by atoms with van der Waals surface area (Å²) in [6, 6.07) is 24.5. The van der Waals surface area contributed by atoms with Crippen molar-refractivity contribution in [2.75, 3.05) is 10.2 Å². The van der Waals surface area contributed by atoms with E-state index in [4.69, 9.17) is 0 Å². The summed E-state index contributed by atoms with van der Waals surface area (Å²) in [6.45, 7) is 1.95. The Morgan fingerprint density at radius 2 is 1.61 bits per heavy atom. The standard InChI is InChI=1S/C23H19BrN2O2/c1-16-7-5-6-10-20(16)25-22(28)23(17-8-3-2-4-9-17)15-21(27)26(23)19-13-11-18(24)12-14-19/h2-14H,15H2,1H3,(H,25,28). The fourth-order valence-corrected chi connectivity index (χ4v) is 3.91. The number of hydrogen-bond acceptors (Lipinski definition) is 2. The lowest BCUT2D eigenvalue weighted by Gasteiger charge is -2.50. The molecule has 3 aromatic rings. The number of carbonyl (C=O) groups is 2. The molecule has 5 heteroatoms. The van der Waals surface area contributed by atoms with E-state index in [1.807, 2.05) is 85.8 Å². The lowest BCUT2D eigenvalue weighted by atomic mass is 9.76. The van der Waals surface area contributed by atoms with Crippen LogP contribution in [0.3, 0.4) is 0 Å². The van der Waals surface area contributed by atoms with Gasteiger partial charge in [0.15, 0.2) is 5.54 Å². The van der Waals surface area contributed by atoms with Crippen molar-refractivity contribution >= 4 is 39.1 Å². The van der Waals surface area contributed by atoms with Crippen molar-refractivity contribution in [1.82, 2.24) is 0 Å². The molecule has 1 saturated heterocycles. The molecule has 4 nitrogen and oxygen atoms in total. The van der Waals surface area contributed by atoms with E-state index >= 15 is 0 Å². The number of carbonyl (C=O) groups excluding carboxylic acids is 2. The van der Waals surface area contributed by atoms with E-state index in [1.54, 1.807) is 4.90 Å². The SMILES string of the molecule is Cc1ccccc1NC(=O)C1(c2ccccc2)CC(=O)N1c1ccc(Br)cc1. The fraction of sp³-hybridized carbons (Fsp3) is 0.130. The summed E-state index contributed by atoms with van der Waals surface area (Å²) < 4.78 is 0.916. The Kier molecular flexibility index (Phi) is 4.77. The first-order valence-corrected chi connectivity index (χ1v) is 9.83. The van der Waals surface area contributed by atoms with Gasteiger partial charge < -0.3 is 5.32 Å². The molecule has 3 aromatic carbocycles. The van der Waals surface area contributed by atoms with Gasteiger partial charge in [-0.3, -0.25) is 14.5 Å². The van der Waals surface area contributed by atoms with E-state index in [0.29, 0.717) is 5.69 Å². The predicted octanol–water partition coefficient (Wildman–Crippen LogP) is 5.03. The average Bonchev–Trinajstić information content (AvgIpc) is 2.70. The lowest BCUT2D eigenvalue weighted by molar-refractivity contribution is -0.137. The molecule has 1 aliphatic rings. The summed E-state index contributed by atoms with van der Waals surface area (Å²) in [5, 5.41) is 3.04. The smallest absolute Gasteiger partial charge is 0.255 e. The van der Waals surface area contributed by atoms with Crippen molar-refractivity contribution in [1.29, 1.82) is 0 Å². The number of rotatable bonds is 4. The van der Waals surface area contributed by atoms with Crippen LogP contribution in [0.1, 0.15) is 17.5 Å². The molecule has 1 aliphatic heterocycles. The van der Waals surface area contributed by atoms with Crippen LogP contribution in [0.5, 0.6) is 0 Å². The van der Waals surface area contributed by atoms with Crippen LogP contribution in [0, 0.1) is 6.92 Å². The monoisotopic (exact) mass is 434 g/mol. The molecule has 0 aliphatic carbocycles. The molecule has 0 radical (unpaired) electrons. The number of β-lactam (4-membered cyclic amide) rings is 1. The van der Waals surface area contributed by atoms with Crippen LogP contribution in [0.4, 0.5) is 11.4 Å². The van der Waals surface area contributed by atoms with E-state index < -0.39 is 5.54 Å². The molecule has 1 unspecified atom stereocenters. The van der Waals surface area contributed by atoms with Gasteiger partial charge in [0, 0.05) is 15.8 Å². The van der Waals surface area contributed by atoms with E-state index in [2.05, 4.69) is 21.2 Å². The third-order valence-electron chi connectivity index (χ3n) is 5.14. The molecule has 1 heterocycles. The molecular weight excluding hydrogens is 416 g/mol. The van der Waals surface area contributed by atoms with E-state index in [1.165, 1.54) is 0 Å². The van der Waals surface area contributed by atoms with Gasteiger partial charge in [0.05, 0.1) is 6.42 Å².